The zero-order valence-electron chi connectivity index (χ0n) is 55.3. The Balaban J connectivity index is 0.000000121. The van der Waals surface area contributed by atoms with E-state index in [1.165, 1.54) is 160 Å². The minimum absolute atomic E-state index is 0.496. The predicted octanol–water partition coefficient (Wildman–Crippen LogP) is 24.7. The molecule has 0 atom stereocenters. The van der Waals surface area contributed by atoms with E-state index in [2.05, 4.69) is 335 Å². The lowest BCUT2D eigenvalue weighted by Crippen LogP contribution is -2.29. The van der Waals surface area contributed by atoms with Crippen molar-refractivity contribution in [2.75, 3.05) is 0 Å². The van der Waals surface area contributed by atoms with Gasteiger partial charge in [0.05, 0.1) is 10.8 Å². The Morgan fingerprint density at radius 2 is 0.650 bits per heavy atom. The van der Waals surface area contributed by atoms with Crippen LogP contribution in [0.1, 0.15) is 44.5 Å². The molecule has 2 aromatic heterocycles. The standard InChI is InChI=1S/C51H30O.C39H20Br2O.C6H7BO2/c1-3-15-31(16-4-1)33-27-28-38-41(29-33)34-19-7-8-22-37(34)47-48-44(51(49(38)47)42-24-12-9-20-35(42)36-21-10-13-25-43(36)51)30-40(32-17-5-2-6-18-32)46-39-23-11-14-26-45(39)52-50(46)48;40-21-17-18-26-28(19-21)22-9-1-2-12-25(22)35-36-31(20-32(41)34-27-13-5-8-16-33(27)42-38(34)36)39(37(26)35)29-14-6-3-10-23(29)24-11-4-7-15-30(24)39;8-7(9)6-4-2-1-3-5-6/h1-30H;1-20H;1-5,8-9H. The van der Waals surface area contributed by atoms with Crippen molar-refractivity contribution < 1.29 is 18.9 Å². The third-order valence-corrected chi connectivity index (χ3v) is 23.6. The maximum absolute atomic E-state index is 8.58. The second-order valence-corrected chi connectivity index (χ2v) is 29.2. The summed E-state index contributed by atoms with van der Waals surface area (Å²) >= 11 is 7.84. The fourth-order valence-electron chi connectivity index (χ4n) is 18.6. The highest BCUT2D eigenvalue weighted by atomic mass is 79.9. The summed E-state index contributed by atoms with van der Waals surface area (Å²) < 4.78 is 16.1. The fraction of sp³-hybridized carbons (Fsp3) is 0.0208. The molecule has 4 aliphatic carbocycles. The molecule has 4 nitrogen and oxygen atoms in total. The molecule has 0 amide bonds. The third-order valence-electron chi connectivity index (χ3n) is 22.5. The van der Waals surface area contributed by atoms with Crippen molar-refractivity contribution in [1.29, 1.82) is 0 Å². The molecule has 0 unspecified atom stereocenters. The van der Waals surface area contributed by atoms with Crippen LogP contribution in [0.3, 0.4) is 0 Å². The molecule has 19 aromatic rings. The zero-order valence-corrected chi connectivity index (χ0v) is 58.5. The Hall–Kier alpha value is -11.7. The second kappa shape index (κ2) is 22.9. The highest BCUT2D eigenvalue weighted by Gasteiger charge is 2.56. The van der Waals surface area contributed by atoms with E-state index in [4.69, 9.17) is 18.9 Å². The van der Waals surface area contributed by atoms with Gasteiger partial charge in [-0.05, 0) is 191 Å². The van der Waals surface area contributed by atoms with Crippen LogP contribution < -0.4 is 5.46 Å². The molecule has 0 aliphatic heterocycles. The van der Waals surface area contributed by atoms with Gasteiger partial charge in [-0.15, -0.1) is 0 Å². The van der Waals surface area contributed by atoms with Crippen LogP contribution in [-0.4, -0.2) is 17.2 Å². The Labute approximate surface area is 610 Å². The van der Waals surface area contributed by atoms with Crippen molar-refractivity contribution in [1.82, 2.24) is 0 Å². The number of para-hydroxylation sites is 2. The van der Waals surface area contributed by atoms with E-state index >= 15 is 0 Å². The van der Waals surface area contributed by atoms with E-state index in [1.807, 2.05) is 6.07 Å². The smallest absolute Gasteiger partial charge is 0.455 e. The van der Waals surface area contributed by atoms with E-state index in [9.17, 15) is 0 Å². The van der Waals surface area contributed by atoms with E-state index in [0.717, 1.165) is 47.4 Å². The molecule has 0 bridgehead atoms. The molecule has 0 fully saturated rings. The molecule has 2 N–H and O–H groups in total. The lowest BCUT2D eigenvalue weighted by Gasteiger charge is -2.32. The van der Waals surface area contributed by atoms with Crippen LogP contribution in [0.25, 0.3) is 154 Å². The summed E-state index contributed by atoms with van der Waals surface area (Å²) in [6.07, 6.45) is 0. The summed E-state index contributed by atoms with van der Waals surface area (Å²) in [6.45, 7) is 0. The molecule has 2 heterocycles. The van der Waals surface area contributed by atoms with Gasteiger partial charge in [0, 0.05) is 41.6 Å². The van der Waals surface area contributed by atoms with Gasteiger partial charge in [-0.3, -0.25) is 0 Å². The first-order valence-corrected chi connectivity index (χ1v) is 36.6. The van der Waals surface area contributed by atoms with E-state index in [0.29, 0.717) is 5.46 Å². The largest absolute Gasteiger partial charge is 0.488 e. The number of rotatable bonds is 3. The zero-order chi connectivity index (χ0) is 68.4. The summed E-state index contributed by atoms with van der Waals surface area (Å²) in [5.74, 6) is 0. The summed E-state index contributed by atoms with van der Waals surface area (Å²) in [4.78, 5) is 0. The Morgan fingerprint density at radius 1 is 0.262 bits per heavy atom. The number of furan rings is 2. The van der Waals surface area contributed by atoms with Gasteiger partial charge in [0.2, 0.25) is 0 Å². The van der Waals surface area contributed by atoms with Gasteiger partial charge in [0.25, 0.3) is 0 Å². The molecular formula is C96H57BBr2O4. The van der Waals surface area contributed by atoms with Crippen molar-refractivity contribution in [3.05, 3.63) is 387 Å². The number of benzene rings is 17. The second-order valence-electron chi connectivity index (χ2n) is 27.5. The molecule has 103 heavy (non-hydrogen) atoms. The minimum atomic E-state index is -1.34. The summed E-state index contributed by atoms with van der Waals surface area (Å²) in [5, 5.41) is 31.8. The van der Waals surface area contributed by atoms with Crippen molar-refractivity contribution in [3.8, 4) is 66.8 Å². The first-order chi connectivity index (χ1) is 50.8. The van der Waals surface area contributed by atoms with Crippen molar-refractivity contribution in [3.63, 3.8) is 0 Å². The topological polar surface area (TPSA) is 66.7 Å². The summed E-state index contributed by atoms with van der Waals surface area (Å²) in [5.41, 5.74) is 28.7. The Morgan fingerprint density at radius 3 is 1.15 bits per heavy atom. The van der Waals surface area contributed by atoms with Crippen LogP contribution in [-0.2, 0) is 10.8 Å². The number of hydrogen-bond acceptors (Lipinski definition) is 4. The van der Waals surface area contributed by atoms with Gasteiger partial charge in [0.15, 0.2) is 0 Å². The summed E-state index contributed by atoms with van der Waals surface area (Å²) in [7, 11) is -1.34. The van der Waals surface area contributed by atoms with Gasteiger partial charge in [-0.25, -0.2) is 0 Å². The molecule has 23 rings (SSSR count). The Bertz CT molecular complexity index is 6720. The van der Waals surface area contributed by atoms with Crippen LogP contribution in [0.5, 0.6) is 0 Å². The van der Waals surface area contributed by atoms with Crippen molar-refractivity contribution in [2.45, 2.75) is 10.8 Å². The van der Waals surface area contributed by atoms with Gasteiger partial charge < -0.3 is 18.9 Å². The van der Waals surface area contributed by atoms with Crippen LogP contribution >= 0.6 is 31.9 Å². The lowest BCUT2D eigenvalue weighted by atomic mass is 9.68. The van der Waals surface area contributed by atoms with Crippen LogP contribution in [0.4, 0.5) is 0 Å². The van der Waals surface area contributed by atoms with E-state index in [-0.39, 0.29) is 0 Å². The third kappa shape index (κ3) is 8.36. The minimum Gasteiger partial charge on any atom is -0.455 e. The molecule has 0 saturated heterocycles. The number of fused-ring (bicyclic) bond motifs is 38. The molecule has 7 heteroatoms. The van der Waals surface area contributed by atoms with Crippen molar-refractivity contribution in [2.24, 2.45) is 0 Å². The quantitative estimate of drug-likeness (QED) is 0.137. The molecule has 482 valence electrons. The molecule has 17 aromatic carbocycles. The monoisotopic (exact) mass is 1440 g/mol. The first-order valence-electron chi connectivity index (χ1n) is 35.0. The highest BCUT2D eigenvalue weighted by Crippen LogP contribution is 2.70. The number of halogens is 2. The maximum atomic E-state index is 8.58. The summed E-state index contributed by atoms with van der Waals surface area (Å²) in [6, 6.07) is 120. The molecule has 0 radical (unpaired) electrons. The number of hydrogen-bond donors (Lipinski definition) is 2. The van der Waals surface area contributed by atoms with Crippen LogP contribution in [0, 0.1) is 0 Å². The molecule has 0 saturated carbocycles. The molecule has 4 aliphatic rings. The molecule has 2 spiro atoms. The predicted molar refractivity (Wildman–Crippen MR) is 433 cm³/mol. The average molecular weight is 1450 g/mol. The van der Waals surface area contributed by atoms with Crippen molar-refractivity contribution >= 4 is 131 Å². The normalized spacial score (nSPS) is 13.4. The fourth-order valence-corrected chi connectivity index (χ4v) is 19.6. The average Bonchev–Trinajstić information content (AvgIpc) is 1.50. The van der Waals surface area contributed by atoms with Crippen LogP contribution in [0.15, 0.2) is 351 Å². The van der Waals surface area contributed by atoms with Gasteiger partial charge in [-0.1, -0.05) is 323 Å². The van der Waals surface area contributed by atoms with E-state index in [1.54, 1.807) is 24.3 Å². The van der Waals surface area contributed by atoms with Gasteiger partial charge >= 0.3 is 7.12 Å². The first kappa shape index (κ1) is 60.1. The van der Waals surface area contributed by atoms with Crippen LogP contribution in [0.2, 0.25) is 0 Å². The molecular weight excluding hydrogens is 1390 g/mol. The van der Waals surface area contributed by atoms with Gasteiger partial charge in [0.1, 0.15) is 22.3 Å². The SMILES string of the molecule is Brc1ccc2c3c(c4ccccc4c2c1)-c1c(cc(Br)c2c1oc1ccccc12)C31c2ccccc2-c2ccccc21.OB(O)c1ccccc1.c1ccc(-c2ccc3c4c(c5ccccc5c3c2)-c2c(cc(-c3ccccc3)c3c2oc2ccccc23)C42c3ccccc3-c3ccccc32)cc1. The van der Waals surface area contributed by atoms with E-state index < -0.39 is 17.9 Å². The highest BCUT2D eigenvalue weighted by molar-refractivity contribution is 9.11. The maximum Gasteiger partial charge on any atom is 0.488 e. The lowest BCUT2D eigenvalue weighted by molar-refractivity contribution is 0.426. The Kier molecular flexibility index (Phi) is 13.4. The van der Waals surface area contributed by atoms with Gasteiger partial charge in [-0.2, -0.15) is 0 Å².